The summed E-state index contributed by atoms with van der Waals surface area (Å²) in [7, 11) is -9.90. The number of aliphatic hydroxyl groups excluding tert-OH is 4. The van der Waals surface area contributed by atoms with Crippen molar-refractivity contribution in [3.63, 3.8) is 0 Å². The molecule has 0 aliphatic heterocycles. The number of hydrogen-bond donors (Lipinski definition) is 4. The molecule has 2 atom stereocenters. The first-order chi connectivity index (χ1) is 19.9. The van der Waals surface area contributed by atoms with Crippen LogP contribution in [0.2, 0.25) is 0 Å². The zero-order chi connectivity index (χ0) is 31.2. The van der Waals surface area contributed by atoms with Crippen molar-refractivity contribution in [2.75, 3.05) is 13.2 Å². The number of ether oxygens (including phenoxy) is 2. The largest absolute Gasteiger partial charge is 1.00 e. The molecule has 4 N–H and O–H groups in total. The van der Waals surface area contributed by atoms with Gasteiger partial charge < -0.3 is 39.0 Å². The SMILES string of the molecule is O=S(=O)([O-])C(O)c1ccc([CH-]O)c(OCCCCCCCCCCCCOc2cc([CH-]O)ccc2C(O)S(=O)(=O)[O-])c1.[Na+].[Na+].[Na+].[Na+]. The molecular formula is C28H38Na4O12S2. The second-order valence-electron chi connectivity index (χ2n) is 9.78. The monoisotopic (exact) mass is 722 g/mol. The van der Waals surface area contributed by atoms with E-state index in [1.165, 1.54) is 36.4 Å². The van der Waals surface area contributed by atoms with Crippen LogP contribution in [0.3, 0.4) is 0 Å². The van der Waals surface area contributed by atoms with Gasteiger partial charge in [-0.3, -0.25) is 0 Å². The minimum atomic E-state index is -4.97. The topological polar surface area (TPSA) is 214 Å². The summed E-state index contributed by atoms with van der Waals surface area (Å²) in [6, 6.07) is 7.76. The average molecular weight is 723 g/mol. The van der Waals surface area contributed by atoms with E-state index in [-0.39, 0.29) is 147 Å². The average Bonchev–Trinajstić information content (AvgIpc) is 2.95. The molecule has 2 unspecified atom stereocenters. The molecule has 0 amide bonds. The number of rotatable bonds is 21. The molecule has 46 heavy (non-hydrogen) atoms. The Labute approximate surface area is 361 Å². The van der Waals surface area contributed by atoms with Crippen molar-refractivity contribution < 1.29 is 174 Å². The zero-order valence-corrected chi connectivity index (χ0v) is 36.8. The summed E-state index contributed by atoms with van der Waals surface area (Å²) in [5, 5.41) is 38.0. The molecular weight excluding hydrogens is 684 g/mol. The third-order valence-corrected chi connectivity index (χ3v) is 8.14. The zero-order valence-electron chi connectivity index (χ0n) is 27.1. The van der Waals surface area contributed by atoms with E-state index < -0.39 is 31.1 Å². The molecule has 0 saturated carbocycles. The van der Waals surface area contributed by atoms with Crippen molar-refractivity contribution in [2.45, 2.75) is 75.1 Å². The fourth-order valence-electron chi connectivity index (χ4n) is 4.20. The molecule has 0 fully saturated rings. The van der Waals surface area contributed by atoms with Crippen molar-refractivity contribution in [1.82, 2.24) is 0 Å². The minimum absolute atomic E-state index is 0. The first kappa shape index (κ1) is 51.8. The molecule has 2 aromatic carbocycles. The van der Waals surface area contributed by atoms with Gasteiger partial charge in [-0.1, -0.05) is 70.6 Å². The number of hydrogen-bond acceptors (Lipinski definition) is 12. The Hall–Kier alpha value is 1.44. The molecule has 0 bridgehead atoms. The van der Waals surface area contributed by atoms with Crippen LogP contribution in [0.25, 0.3) is 0 Å². The van der Waals surface area contributed by atoms with Crippen molar-refractivity contribution in [2.24, 2.45) is 0 Å². The Kier molecular flexibility index (Phi) is 30.6. The van der Waals surface area contributed by atoms with E-state index in [0.29, 0.717) is 24.2 Å². The third-order valence-electron chi connectivity index (χ3n) is 6.52. The summed E-state index contributed by atoms with van der Waals surface area (Å²) in [4.78, 5) is 0. The first-order valence-corrected chi connectivity index (χ1v) is 16.6. The smallest absolute Gasteiger partial charge is 0.746 e. The van der Waals surface area contributed by atoms with Gasteiger partial charge in [-0.2, -0.15) is 17.7 Å². The predicted octanol–water partition coefficient (Wildman–Crippen LogP) is -8.10. The van der Waals surface area contributed by atoms with E-state index >= 15 is 0 Å². The van der Waals surface area contributed by atoms with E-state index in [9.17, 15) is 46.4 Å². The first-order valence-electron chi connectivity index (χ1n) is 13.6. The van der Waals surface area contributed by atoms with Crippen LogP contribution in [0.4, 0.5) is 0 Å². The minimum Gasteiger partial charge on any atom is -0.746 e. The Morgan fingerprint density at radius 2 is 1.07 bits per heavy atom. The van der Waals surface area contributed by atoms with Crippen LogP contribution in [0.15, 0.2) is 36.4 Å². The van der Waals surface area contributed by atoms with E-state index in [1.807, 2.05) is 0 Å². The van der Waals surface area contributed by atoms with Crippen molar-refractivity contribution in [1.29, 1.82) is 0 Å². The predicted molar refractivity (Wildman–Crippen MR) is 150 cm³/mol. The third kappa shape index (κ3) is 19.2. The number of unbranched alkanes of at least 4 members (excludes halogenated alkanes) is 9. The Bertz CT molecular complexity index is 1330. The van der Waals surface area contributed by atoms with Gasteiger partial charge in [0.15, 0.2) is 10.9 Å². The van der Waals surface area contributed by atoms with E-state index in [0.717, 1.165) is 71.0 Å². The summed E-state index contributed by atoms with van der Waals surface area (Å²) in [6.45, 7) is 2.18. The fourth-order valence-corrected chi connectivity index (χ4v) is 5.19. The van der Waals surface area contributed by atoms with Gasteiger partial charge >= 0.3 is 118 Å². The van der Waals surface area contributed by atoms with Gasteiger partial charge in [0.25, 0.3) is 0 Å². The van der Waals surface area contributed by atoms with Crippen LogP contribution < -0.4 is 128 Å². The van der Waals surface area contributed by atoms with Crippen LogP contribution in [0.1, 0.15) is 97.3 Å². The molecule has 0 aliphatic carbocycles. The molecule has 0 spiro atoms. The summed E-state index contributed by atoms with van der Waals surface area (Å²) in [6.07, 6.45) is 9.42. The quantitative estimate of drug-likeness (QED) is 0.0410. The number of aliphatic hydroxyl groups is 4. The van der Waals surface area contributed by atoms with Gasteiger partial charge in [0.05, 0.1) is 19.0 Å². The van der Waals surface area contributed by atoms with Crippen molar-refractivity contribution >= 4 is 20.2 Å². The summed E-state index contributed by atoms with van der Waals surface area (Å²) in [5.41, 5.74) is -4.12. The van der Waals surface area contributed by atoms with E-state index in [2.05, 4.69) is 0 Å². The van der Waals surface area contributed by atoms with Gasteiger partial charge in [0.1, 0.15) is 20.2 Å². The van der Waals surface area contributed by atoms with Gasteiger partial charge in [-0.15, -0.1) is 23.8 Å². The maximum Gasteiger partial charge on any atom is 1.00 e. The fraction of sp³-hybridized carbons (Fsp3) is 0.500. The summed E-state index contributed by atoms with van der Waals surface area (Å²) >= 11 is 0. The van der Waals surface area contributed by atoms with Crippen LogP contribution in [-0.2, 0) is 20.2 Å². The maximum absolute atomic E-state index is 11.2. The molecule has 2 rings (SSSR count). The van der Waals surface area contributed by atoms with Crippen LogP contribution >= 0.6 is 0 Å². The van der Waals surface area contributed by atoms with E-state index in [1.54, 1.807) is 0 Å². The molecule has 0 aromatic heterocycles. The Morgan fingerprint density at radius 1 is 0.609 bits per heavy atom. The van der Waals surface area contributed by atoms with Crippen LogP contribution in [-0.4, -0.2) is 59.6 Å². The second kappa shape index (κ2) is 27.1. The molecule has 18 heteroatoms. The molecule has 0 saturated heterocycles. The van der Waals surface area contributed by atoms with E-state index in [4.69, 9.17) is 9.47 Å². The van der Waals surface area contributed by atoms with Crippen LogP contribution in [0.5, 0.6) is 11.5 Å². The summed E-state index contributed by atoms with van der Waals surface area (Å²) in [5.74, 6) is 0.207. The normalized spacial score (nSPS) is 12.2. The molecule has 0 aliphatic rings. The second-order valence-corrected chi connectivity index (χ2v) is 12.6. The maximum atomic E-state index is 11.2. The molecule has 0 heterocycles. The number of benzene rings is 2. The van der Waals surface area contributed by atoms with Gasteiger partial charge in [0.2, 0.25) is 0 Å². The Balaban J connectivity index is -0.00000462. The Morgan fingerprint density at radius 3 is 1.50 bits per heavy atom. The summed E-state index contributed by atoms with van der Waals surface area (Å²) < 4.78 is 78.0. The molecule has 0 radical (unpaired) electrons. The van der Waals surface area contributed by atoms with Crippen molar-refractivity contribution in [3.05, 3.63) is 71.9 Å². The van der Waals surface area contributed by atoms with Crippen LogP contribution in [0, 0.1) is 13.2 Å². The van der Waals surface area contributed by atoms with Gasteiger partial charge in [-0.25, -0.2) is 16.8 Å². The van der Waals surface area contributed by atoms with Gasteiger partial charge in [-0.05, 0) is 18.4 Å². The molecule has 238 valence electrons. The van der Waals surface area contributed by atoms with Crippen molar-refractivity contribution in [3.8, 4) is 11.5 Å². The van der Waals surface area contributed by atoms with Gasteiger partial charge in [0, 0.05) is 11.3 Å². The molecule has 2 aromatic rings. The molecule has 12 nitrogen and oxygen atoms in total. The standard InChI is InChI=1S/C28H40O12S2.4Na/c29-19-21-11-14-24(28(32)42(36,37)38)26(17-21)40-16-10-8-6-4-2-1-3-5-7-9-15-39-25-18-22(12-13-23(25)20-30)27(31)41(33,34)35;;;;/h11-14,17-20,27-32H,1-10,15-16H2,(H,33,34,35)(H,36,37,38);;;;/q-2;4*+1/p-2.